The standard InChI is InChI=1S/C13H16N4O3/c1-9(18)15-5-6-16-13(19)17-11-3-4-12(20-2)10(7-11)8-14/h3-4,7H,5-6H2,1-2H3,(H,15,18)(H2,16,17,19). The third kappa shape index (κ3) is 4.86. The van der Waals surface area contributed by atoms with E-state index in [4.69, 9.17) is 10.00 Å². The number of hydrogen-bond acceptors (Lipinski definition) is 4. The van der Waals surface area contributed by atoms with Crippen molar-refractivity contribution >= 4 is 17.6 Å². The number of nitriles is 1. The van der Waals surface area contributed by atoms with E-state index in [1.54, 1.807) is 12.1 Å². The number of nitrogens with zero attached hydrogens (tertiary/aromatic N) is 1. The van der Waals surface area contributed by atoms with Crippen molar-refractivity contribution in [2.24, 2.45) is 0 Å². The van der Waals surface area contributed by atoms with Crippen LogP contribution in [-0.4, -0.2) is 32.1 Å². The Morgan fingerprint density at radius 2 is 2.00 bits per heavy atom. The highest BCUT2D eigenvalue weighted by atomic mass is 16.5. The number of hydrogen-bond donors (Lipinski definition) is 3. The van der Waals surface area contributed by atoms with Gasteiger partial charge in [0.1, 0.15) is 11.8 Å². The molecule has 0 saturated heterocycles. The first-order chi connectivity index (χ1) is 9.56. The molecule has 0 spiro atoms. The predicted octanol–water partition coefficient (Wildman–Crippen LogP) is 0.824. The minimum Gasteiger partial charge on any atom is -0.495 e. The smallest absolute Gasteiger partial charge is 0.319 e. The molecule has 3 N–H and O–H groups in total. The van der Waals surface area contributed by atoms with E-state index in [1.807, 2.05) is 6.07 Å². The van der Waals surface area contributed by atoms with E-state index in [0.717, 1.165) is 0 Å². The first-order valence-corrected chi connectivity index (χ1v) is 5.94. The van der Waals surface area contributed by atoms with Crippen LogP contribution in [0.15, 0.2) is 18.2 Å². The molecule has 0 aliphatic rings. The summed E-state index contributed by atoms with van der Waals surface area (Å²) >= 11 is 0. The fourth-order valence-electron chi connectivity index (χ4n) is 1.46. The zero-order valence-corrected chi connectivity index (χ0v) is 11.3. The van der Waals surface area contributed by atoms with E-state index in [-0.39, 0.29) is 5.91 Å². The van der Waals surface area contributed by atoms with E-state index in [1.165, 1.54) is 20.1 Å². The number of ether oxygens (including phenoxy) is 1. The highest BCUT2D eigenvalue weighted by Gasteiger charge is 2.06. The molecule has 3 amide bonds. The third-order valence-corrected chi connectivity index (χ3v) is 2.36. The van der Waals surface area contributed by atoms with Gasteiger partial charge in [0.25, 0.3) is 0 Å². The Morgan fingerprint density at radius 3 is 2.60 bits per heavy atom. The van der Waals surface area contributed by atoms with Crippen LogP contribution >= 0.6 is 0 Å². The molecule has 7 heteroatoms. The molecule has 20 heavy (non-hydrogen) atoms. The van der Waals surface area contributed by atoms with Gasteiger partial charge in [-0.3, -0.25) is 4.79 Å². The maximum atomic E-state index is 11.6. The van der Waals surface area contributed by atoms with Gasteiger partial charge in [-0.15, -0.1) is 0 Å². The average molecular weight is 276 g/mol. The lowest BCUT2D eigenvalue weighted by Crippen LogP contribution is -2.36. The number of urea groups is 1. The van der Waals surface area contributed by atoms with Crippen molar-refractivity contribution in [3.05, 3.63) is 23.8 Å². The number of nitrogens with one attached hydrogen (secondary N) is 3. The van der Waals surface area contributed by atoms with Crippen LogP contribution in [0.25, 0.3) is 0 Å². The SMILES string of the molecule is COc1ccc(NC(=O)NCCNC(C)=O)cc1C#N. The van der Waals surface area contributed by atoms with Crippen molar-refractivity contribution in [2.75, 3.05) is 25.5 Å². The second kappa shape index (κ2) is 7.63. The summed E-state index contributed by atoms with van der Waals surface area (Å²) in [5.41, 5.74) is 0.822. The monoisotopic (exact) mass is 276 g/mol. The maximum Gasteiger partial charge on any atom is 0.319 e. The minimum atomic E-state index is -0.413. The van der Waals surface area contributed by atoms with Gasteiger partial charge < -0.3 is 20.7 Å². The molecule has 1 aromatic carbocycles. The van der Waals surface area contributed by atoms with E-state index in [9.17, 15) is 9.59 Å². The zero-order valence-electron chi connectivity index (χ0n) is 11.3. The second-order valence-electron chi connectivity index (χ2n) is 3.89. The summed E-state index contributed by atoms with van der Waals surface area (Å²) in [4.78, 5) is 22.2. The van der Waals surface area contributed by atoms with Crippen LogP contribution in [0.3, 0.4) is 0 Å². The van der Waals surface area contributed by atoms with Crippen molar-refractivity contribution in [1.29, 1.82) is 5.26 Å². The molecule has 7 nitrogen and oxygen atoms in total. The second-order valence-corrected chi connectivity index (χ2v) is 3.89. The number of methoxy groups -OCH3 is 1. The van der Waals surface area contributed by atoms with E-state index in [0.29, 0.717) is 30.1 Å². The quantitative estimate of drug-likeness (QED) is 0.693. The van der Waals surface area contributed by atoms with Gasteiger partial charge >= 0.3 is 6.03 Å². The van der Waals surface area contributed by atoms with Crippen LogP contribution in [0.4, 0.5) is 10.5 Å². The van der Waals surface area contributed by atoms with Crippen molar-refractivity contribution < 1.29 is 14.3 Å². The highest BCUT2D eigenvalue weighted by molar-refractivity contribution is 5.89. The van der Waals surface area contributed by atoms with Gasteiger partial charge in [-0.1, -0.05) is 0 Å². The lowest BCUT2D eigenvalue weighted by Gasteiger charge is -2.09. The van der Waals surface area contributed by atoms with E-state index in [2.05, 4.69) is 16.0 Å². The molecule has 1 rings (SSSR count). The summed E-state index contributed by atoms with van der Waals surface area (Å²) in [6.07, 6.45) is 0. The predicted molar refractivity (Wildman–Crippen MR) is 73.4 cm³/mol. The number of anilines is 1. The Bertz CT molecular complexity index is 537. The lowest BCUT2D eigenvalue weighted by atomic mass is 10.2. The largest absolute Gasteiger partial charge is 0.495 e. The van der Waals surface area contributed by atoms with Crippen LogP contribution in [-0.2, 0) is 4.79 Å². The van der Waals surface area contributed by atoms with Crippen LogP contribution in [0, 0.1) is 11.3 Å². The van der Waals surface area contributed by atoms with Crippen molar-refractivity contribution in [2.45, 2.75) is 6.92 Å². The maximum absolute atomic E-state index is 11.6. The fourth-order valence-corrected chi connectivity index (χ4v) is 1.46. The number of carbonyl (C=O) groups excluding carboxylic acids is 2. The molecular weight excluding hydrogens is 260 g/mol. The van der Waals surface area contributed by atoms with Crippen LogP contribution in [0.2, 0.25) is 0 Å². The molecule has 0 heterocycles. The molecule has 0 saturated carbocycles. The first kappa shape index (κ1) is 15.3. The molecule has 0 fully saturated rings. The van der Waals surface area contributed by atoms with Gasteiger partial charge in [-0.25, -0.2) is 4.79 Å². The molecular formula is C13H16N4O3. The van der Waals surface area contributed by atoms with Crippen molar-refractivity contribution in [3.63, 3.8) is 0 Å². The summed E-state index contributed by atoms with van der Waals surface area (Å²) in [7, 11) is 1.47. The van der Waals surface area contributed by atoms with Gasteiger partial charge in [0.15, 0.2) is 0 Å². The highest BCUT2D eigenvalue weighted by Crippen LogP contribution is 2.21. The van der Waals surface area contributed by atoms with Gasteiger partial charge in [-0.05, 0) is 18.2 Å². The average Bonchev–Trinajstić information content (AvgIpc) is 2.43. The number of rotatable bonds is 5. The molecule has 0 atom stereocenters. The zero-order chi connectivity index (χ0) is 15.0. The van der Waals surface area contributed by atoms with Gasteiger partial charge in [0.2, 0.25) is 5.91 Å². The lowest BCUT2D eigenvalue weighted by molar-refractivity contribution is -0.118. The summed E-state index contributed by atoms with van der Waals surface area (Å²) in [6.45, 7) is 2.07. The van der Waals surface area contributed by atoms with Gasteiger partial charge in [0.05, 0.1) is 12.7 Å². The van der Waals surface area contributed by atoms with Gasteiger partial charge in [-0.2, -0.15) is 5.26 Å². The summed E-state index contributed by atoms with van der Waals surface area (Å²) in [6, 6.07) is 6.32. The Kier molecular flexibility index (Phi) is 5.84. The first-order valence-electron chi connectivity index (χ1n) is 5.94. The summed E-state index contributed by atoms with van der Waals surface area (Å²) in [5, 5.41) is 16.7. The normalized spacial score (nSPS) is 9.25. The summed E-state index contributed by atoms with van der Waals surface area (Å²) < 4.78 is 5.01. The molecule has 0 unspecified atom stereocenters. The van der Waals surface area contributed by atoms with E-state index < -0.39 is 6.03 Å². The Morgan fingerprint density at radius 1 is 1.30 bits per heavy atom. The molecule has 0 aliphatic heterocycles. The third-order valence-electron chi connectivity index (χ3n) is 2.36. The molecule has 0 radical (unpaired) electrons. The van der Waals surface area contributed by atoms with Crippen molar-refractivity contribution in [1.82, 2.24) is 10.6 Å². The molecule has 0 aliphatic carbocycles. The fraction of sp³-hybridized carbons (Fsp3) is 0.308. The Balaban J connectivity index is 2.50. The number of benzene rings is 1. The summed E-state index contributed by atoms with van der Waals surface area (Å²) in [5.74, 6) is 0.296. The van der Waals surface area contributed by atoms with Crippen LogP contribution in [0.5, 0.6) is 5.75 Å². The number of carbonyl (C=O) groups is 2. The molecule has 106 valence electrons. The van der Waals surface area contributed by atoms with E-state index >= 15 is 0 Å². The van der Waals surface area contributed by atoms with Gasteiger partial charge in [0, 0.05) is 25.7 Å². The Hall–Kier alpha value is -2.75. The number of amides is 3. The Labute approximate surface area is 116 Å². The topological polar surface area (TPSA) is 103 Å². The molecule has 1 aromatic rings. The van der Waals surface area contributed by atoms with Crippen LogP contribution < -0.4 is 20.7 Å². The minimum absolute atomic E-state index is 0.152. The van der Waals surface area contributed by atoms with Crippen molar-refractivity contribution in [3.8, 4) is 11.8 Å². The molecule has 0 aromatic heterocycles. The molecule has 0 bridgehead atoms. The van der Waals surface area contributed by atoms with Crippen LogP contribution in [0.1, 0.15) is 12.5 Å².